The number of benzene rings is 1. The van der Waals surface area contributed by atoms with Gasteiger partial charge in [0.25, 0.3) is 0 Å². The van der Waals surface area contributed by atoms with Gasteiger partial charge in [-0.05, 0) is 44.0 Å². The average molecular weight is 298 g/mol. The molecule has 112 valence electrons. The third-order valence-corrected chi connectivity index (χ3v) is 5.61. The zero-order chi connectivity index (χ0) is 14.8. The van der Waals surface area contributed by atoms with Gasteiger partial charge < -0.3 is 10.1 Å². The lowest BCUT2D eigenvalue weighted by Crippen LogP contribution is -2.41. The van der Waals surface area contributed by atoms with Gasteiger partial charge in [-0.2, -0.15) is 4.31 Å². The van der Waals surface area contributed by atoms with Gasteiger partial charge in [-0.25, -0.2) is 8.42 Å². The summed E-state index contributed by atoms with van der Waals surface area (Å²) < 4.78 is 32.2. The molecule has 1 heterocycles. The number of aryl methyl sites for hydroxylation is 2. The number of hydrogen-bond acceptors (Lipinski definition) is 4. The summed E-state index contributed by atoms with van der Waals surface area (Å²) in [7, 11) is -3.43. The summed E-state index contributed by atoms with van der Waals surface area (Å²) in [5, 5.41) is 3.22. The van der Waals surface area contributed by atoms with Crippen molar-refractivity contribution in [3.05, 3.63) is 23.3 Å². The Bertz CT molecular complexity index is 555. The SMILES string of the molecule is CCNc1cc(C)c(S(=O)(=O)N2CCOCC2)c(C)c1. The first-order valence-electron chi connectivity index (χ1n) is 6.90. The lowest BCUT2D eigenvalue weighted by molar-refractivity contribution is 0.0730. The van der Waals surface area contributed by atoms with Gasteiger partial charge in [0.15, 0.2) is 0 Å². The Morgan fingerprint density at radius 1 is 1.20 bits per heavy atom. The van der Waals surface area contributed by atoms with Crippen molar-refractivity contribution in [1.82, 2.24) is 4.31 Å². The molecule has 0 aromatic heterocycles. The smallest absolute Gasteiger partial charge is 0.243 e. The summed E-state index contributed by atoms with van der Waals surface area (Å²) in [6.45, 7) is 8.31. The van der Waals surface area contributed by atoms with Crippen LogP contribution in [-0.2, 0) is 14.8 Å². The van der Waals surface area contributed by atoms with Crippen LogP contribution in [0.3, 0.4) is 0 Å². The van der Waals surface area contributed by atoms with Gasteiger partial charge in [0.05, 0.1) is 18.1 Å². The van der Waals surface area contributed by atoms with Gasteiger partial charge in [-0.1, -0.05) is 0 Å². The Balaban J connectivity index is 2.40. The number of ether oxygens (including phenoxy) is 1. The molecule has 0 amide bonds. The summed E-state index contributed by atoms with van der Waals surface area (Å²) in [5.41, 5.74) is 2.53. The lowest BCUT2D eigenvalue weighted by Gasteiger charge is -2.27. The number of nitrogens with zero attached hydrogens (tertiary/aromatic N) is 1. The highest BCUT2D eigenvalue weighted by Crippen LogP contribution is 2.27. The standard InChI is InChI=1S/C14H22N2O3S/c1-4-15-13-9-11(2)14(12(3)10-13)20(17,18)16-5-7-19-8-6-16/h9-10,15H,4-8H2,1-3H3. The molecule has 1 aromatic carbocycles. The highest BCUT2D eigenvalue weighted by molar-refractivity contribution is 7.89. The molecule has 0 atom stereocenters. The van der Waals surface area contributed by atoms with Crippen molar-refractivity contribution in [3.8, 4) is 0 Å². The maximum atomic E-state index is 12.7. The number of anilines is 1. The van der Waals surface area contributed by atoms with Crippen LogP contribution in [0.1, 0.15) is 18.1 Å². The maximum absolute atomic E-state index is 12.7. The van der Waals surface area contributed by atoms with Crippen LogP contribution in [0.5, 0.6) is 0 Å². The highest BCUT2D eigenvalue weighted by atomic mass is 32.2. The predicted molar refractivity (Wildman–Crippen MR) is 79.7 cm³/mol. The van der Waals surface area contributed by atoms with Crippen molar-refractivity contribution in [3.63, 3.8) is 0 Å². The molecule has 1 fully saturated rings. The molecule has 0 bridgehead atoms. The zero-order valence-corrected chi connectivity index (χ0v) is 13.1. The first-order valence-corrected chi connectivity index (χ1v) is 8.34. The Kier molecular flexibility index (Phi) is 4.67. The molecule has 5 nitrogen and oxygen atoms in total. The van der Waals surface area contributed by atoms with E-state index in [9.17, 15) is 8.42 Å². The Morgan fingerprint density at radius 2 is 1.75 bits per heavy atom. The summed E-state index contributed by atoms with van der Waals surface area (Å²) in [5.74, 6) is 0. The number of nitrogens with one attached hydrogen (secondary N) is 1. The Labute approximate surface area is 121 Å². The Hall–Kier alpha value is -1.11. The monoisotopic (exact) mass is 298 g/mol. The van der Waals surface area contributed by atoms with Crippen molar-refractivity contribution in [2.45, 2.75) is 25.7 Å². The van der Waals surface area contributed by atoms with Gasteiger partial charge in [-0.15, -0.1) is 0 Å². The fourth-order valence-corrected chi connectivity index (χ4v) is 4.40. The summed E-state index contributed by atoms with van der Waals surface area (Å²) >= 11 is 0. The third kappa shape index (κ3) is 2.97. The zero-order valence-electron chi connectivity index (χ0n) is 12.3. The quantitative estimate of drug-likeness (QED) is 0.920. The van der Waals surface area contributed by atoms with Crippen LogP contribution < -0.4 is 5.32 Å². The van der Waals surface area contributed by atoms with E-state index >= 15 is 0 Å². The average Bonchev–Trinajstić information content (AvgIpc) is 2.39. The third-order valence-electron chi connectivity index (χ3n) is 3.41. The fourth-order valence-electron chi connectivity index (χ4n) is 2.58. The Morgan fingerprint density at radius 3 is 2.25 bits per heavy atom. The molecule has 0 saturated carbocycles. The first kappa shape index (κ1) is 15.3. The number of hydrogen-bond donors (Lipinski definition) is 1. The van der Waals surface area contributed by atoms with Crippen LogP contribution in [0.25, 0.3) is 0 Å². The molecule has 0 aliphatic carbocycles. The second-order valence-corrected chi connectivity index (χ2v) is 6.86. The molecule has 6 heteroatoms. The molecular formula is C14H22N2O3S. The van der Waals surface area contributed by atoms with Gasteiger partial charge in [-0.3, -0.25) is 0 Å². The number of sulfonamides is 1. The largest absolute Gasteiger partial charge is 0.385 e. The summed E-state index contributed by atoms with van der Waals surface area (Å²) in [4.78, 5) is 0.432. The molecule has 1 saturated heterocycles. The molecule has 2 rings (SSSR count). The maximum Gasteiger partial charge on any atom is 0.243 e. The van der Waals surface area contributed by atoms with E-state index in [1.807, 2.05) is 32.9 Å². The fraction of sp³-hybridized carbons (Fsp3) is 0.571. The van der Waals surface area contributed by atoms with Crippen LogP contribution in [0.2, 0.25) is 0 Å². The topological polar surface area (TPSA) is 58.6 Å². The van der Waals surface area contributed by atoms with Gasteiger partial charge in [0.1, 0.15) is 0 Å². The van der Waals surface area contributed by atoms with Crippen LogP contribution >= 0.6 is 0 Å². The molecule has 1 aromatic rings. The number of morpholine rings is 1. The minimum Gasteiger partial charge on any atom is -0.385 e. The van der Waals surface area contributed by atoms with Crippen molar-refractivity contribution >= 4 is 15.7 Å². The van der Waals surface area contributed by atoms with Gasteiger partial charge in [0, 0.05) is 25.3 Å². The molecule has 1 N–H and O–H groups in total. The van der Waals surface area contributed by atoms with E-state index in [1.54, 1.807) is 0 Å². The normalized spacial score (nSPS) is 17.1. The molecular weight excluding hydrogens is 276 g/mol. The molecule has 0 spiro atoms. The van der Waals surface area contributed by atoms with E-state index in [1.165, 1.54) is 4.31 Å². The van der Waals surface area contributed by atoms with Crippen molar-refractivity contribution in [2.24, 2.45) is 0 Å². The minimum atomic E-state index is -3.43. The van der Waals surface area contributed by atoms with Crippen LogP contribution in [0.4, 0.5) is 5.69 Å². The highest BCUT2D eigenvalue weighted by Gasteiger charge is 2.29. The predicted octanol–water partition coefficient (Wildman–Crippen LogP) is 1.76. The molecule has 0 unspecified atom stereocenters. The number of rotatable bonds is 4. The van der Waals surface area contributed by atoms with Crippen LogP contribution in [0, 0.1) is 13.8 Å². The van der Waals surface area contributed by atoms with E-state index in [0.29, 0.717) is 31.2 Å². The summed E-state index contributed by atoms with van der Waals surface area (Å²) in [6, 6.07) is 3.79. The molecule has 1 aliphatic heterocycles. The van der Waals surface area contributed by atoms with Crippen LogP contribution in [-0.4, -0.2) is 45.6 Å². The lowest BCUT2D eigenvalue weighted by atomic mass is 10.1. The van der Waals surface area contributed by atoms with Crippen LogP contribution in [0.15, 0.2) is 17.0 Å². The second-order valence-electron chi connectivity index (χ2n) is 4.99. The minimum absolute atomic E-state index is 0.427. The van der Waals surface area contributed by atoms with Crippen molar-refractivity contribution in [2.75, 3.05) is 38.2 Å². The van der Waals surface area contributed by atoms with E-state index < -0.39 is 10.0 Å². The van der Waals surface area contributed by atoms with E-state index in [0.717, 1.165) is 23.4 Å². The van der Waals surface area contributed by atoms with Crippen molar-refractivity contribution < 1.29 is 13.2 Å². The van der Waals surface area contributed by atoms with Gasteiger partial charge >= 0.3 is 0 Å². The van der Waals surface area contributed by atoms with Crippen molar-refractivity contribution in [1.29, 1.82) is 0 Å². The van der Waals surface area contributed by atoms with Gasteiger partial charge in [0.2, 0.25) is 10.0 Å². The molecule has 1 aliphatic rings. The van der Waals surface area contributed by atoms with E-state index in [-0.39, 0.29) is 0 Å². The summed E-state index contributed by atoms with van der Waals surface area (Å²) in [6.07, 6.45) is 0. The molecule has 20 heavy (non-hydrogen) atoms. The van der Waals surface area contributed by atoms with E-state index in [2.05, 4.69) is 5.32 Å². The first-order chi connectivity index (χ1) is 9.46. The molecule has 0 radical (unpaired) electrons. The second kappa shape index (κ2) is 6.11. The van der Waals surface area contributed by atoms with E-state index in [4.69, 9.17) is 4.74 Å².